The topological polar surface area (TPSA) is 143 Å². The second kappa shape index (κ2) is 14.3. The molecule has 45 heavy (non-hydrogen) atoms. The van der Waals surface area contributed by atoms with Gasteiger partial charge in [0.15, 0.2) is 0 Å². The van der Waals surface area contributed by atoms with Crippen LogP contribution >= 0.6 is 0 Å². The van der Waals surface area contributed by atoms with E-state index in [2.05, 4.69) is 20.6 Å². The maximum Gasteiger partial charge on any atom is 0.622 e. The molecule has 2 aliphatic heterocycles. The van der Waals surface area contributed by atoms with E-state index in [0.29, 0.717) is 19.5 Å². The van der Waals surface area contributed by atoms with Crippen molar-refractivity contribution in [1.29, 1.82) is 0 Å². The van der Waals surface area contributed by atoms with Crippen molar-refractivity contribution in [3.05, 3.63) is 90.5 Å². The Hall–Kier alpha value is -4.78. The summed E-state index contributed by atoms with van der Waals surface area (Å²) in [6, 6.07) is 16.3. The molecule has 2 aromatic carbocycles. The summed E-state index contributed by atoms with van der Waals surface area (Å²) in [6.07, 6.45) is 4.68. The molecule has 1 aromatic heterocycles. The molecular weight excluding hydrogens is 575 g/mol. The number of piperazine rings is 1. The SMILES string of the molecule is CC(C)CC(NC(=O)C(Cc1ccccc1)NC(=O)c1cnccn1)B1OC(=O)[C@@H]2CN(c3ccccc3)C[C@@H](C(=O)O1)N2C. The van der Waals surface area contributed by atoms with Crippen molar-refractivity contribution in [1.82, 2.24) is 25.5 Å². The largest absolute Gasteiger partial charge is 0.622 e. The van der Waals surface area contributed by atoms with Crippen molar-refractivity contribution < 1.29 is 28.5 Å². The molecule has 2 amide bonds. The van der Waals surface area contributed by atoms with Crippen LogP contribution in [0.15, 0.2) is 79.3 Å². The third-order valence-corrected chi connectivity index (χ3v) is 7.98. The first-order valence-electron chi connectivity index (χ1n) is 15.0. The smallest absolute Gasteiger partial charge is 0.497 e. The van der Waals surface area contributed by atoms with Gasteiger partial charge in [0.1, 0.15) is 23.8 Å². The predicted molar refractivity (Wildman–Crippen MR) is 167 cm³/mol. The molecule has 3 aromatic rings. The zero-order chi connectivity index (χ0) is 31.9. The number of rotatable bonds is 10. The number of anilines is 1. The molecule has 4 atom stereocenters. The van der Waals surface area contributed by atoms with Gasteiger partial charge in [0.05, 0.1) is 12.1 Å². The summed E-state index contributed by atoms with van der Waals surface area (Å²) in [6.45, 7) is 4.54. The maximum atomic E-state index is 13.9. The van der Waals surface area contributed by atoms with Crippen LogP contribution in [-0.2, 0) is 30.1 Å². The molecule has 13 heteroatoms. The lowest BCUT2D eigenvalue weighted by atomic mass is 9.73. The number of nitrogens with zero attached hydrogens (tertiary/aromatic N) is 4. The Morgan fingerprint density at radius 2 is 1.56 bits per heavy atom. The molecule has 234 valence electrons. The van der Waals surface area contributed by atoms with E-state index in [1.54, 1.807) is 11.9 Å². The van der Waals surface area contributed by atoms with Crippen molar-refractivity contribution in [2.75, 3.05) is 25.0 Å². The number of nitrogens with one attached hydrogen (secondary N) is 2. The summed E-state index contributed by atoms with van der Waals surface area (Å²) in [5, 5.41) is 5.69. The molecule has 5 rings (SSSR count). The van der Waals surface area contributed by atoms with E-state index in [-0.39, 0.29) is 18.0 Å². The lowest BCUT2D eigenvalue weighted by molar-refractivity contribution is -0.155. The standard InChI is InChI=1S/C32H37BN6O6/c1-21(2)16-28(37-29(40)24(17-22-10-6-4-7-11-22)36-30(41)25-18-34-14-15-35-25)33-44-31(42)26-19-39(23-12-8-5-9-13-23)20-27(38(26)3)32(43)45-33/h4-15,18,21,24,26-28H,16-17,19-20H2,1-3H3,(H,36,41)(H,37,40)/t24?,26-,27-,28?/m0/s1. The van der Waals surface area contributed by atoms with Crippen LogP contribution in [0.5, 0.6) is 0 Å². The number of carbonyl (C=O) groups is 4. The number of hydrogen-bond donors (Lipinski definition) is 2. The minimum Gasteiger partial charge on any atom is -0.497 e. The predicted octanol–water partition coefficient (Wildman–Crippen LogP) is 1.67. The molecule has 3 heterocycles. The van der Waals surface area contributed by atoms with Gasteiger partial charge in [-0.2, -0.15) is 0 Å². The van der Waals surface area contributed by atoms with Gasteiger partial charge in [0.2, 0.25) is 5.91 Å². The van der Waals surface area contributed by atoms with Crippen molar-refractivity contribution in [3.63, 3.8) is 0 Å². The van der Waals surface area contributed by atoms with Crippen LogP contribution in [0.4, 0.5) is 5.69 Å². The van der Waals surface area contributed by atoms with Gasteiger partial charge < -0.3 is 24.8 Å². The molecule has 2 saturated heterocycles. The van der Waals surface area contributed by atoms with Gasteiger partial charge in [-0.05, 0) is 37.1 Å². The van der Waals surface area contributed by atoms with Gasteiger partial charge in [0.25, 0.3) is 5.91 Å². The minimum absolute atomic E-state index is 0.0376. The Morgan fingerprint density at radius 1 is 0.933 bits per heavy atom. The van der Waals surface area contributed by atoms with Gasteiger partial charge in [-0.3, -0.25) is 29.1 Å². The third-order valence-electron chi connectivity index (χ3n) is 7.98. The Morgan fingerprint density at radius 3 is 2.13 bits per heavy atom. The maximum absolute atomic E-state index is 13.9. The fourth-order valence-corrected chi connectivity index (χ4v) is 5.61. The summed E-state index contributed by atoms with van der Waals surface area (Å²) in [7, 11) is 0.355. The highest BCUT2D eigenvalue weighted by Gasteiger charge is 2.50. The van der Waals surface area contributed by atoms with Crippen molar-refractivity contribution in [3.8, 4) is 0 Å². The lowest BCUT2D eigenvalue weighted by Gasteiger charge is -2.45. The van der Waals surface area contributed by atoms with Gasteiger partial charge in [0, 0.05) is 37.6 Å². The summed E-state index contributed by atoms with van der Waals surface area (Å²) < 4.78 is 11.7. The van der Waals surface area contributed by atoms with Gasteiger partial charge in [-0.1, -0.05) is 62.4 Å². The quantitative estimate of drug-likeness (QED) is 0.325. The number of fused-ring (bicyclic) bond motifs is 2. The number of likely N-dealkylation sites (N-methyl/N-ethyl adjacent to an activating group) is 1. The average molecular weight is 612 g/mol. The summed E-state index contributed by atoms with van der Waals surface area (Å²) in [5.74, 6) is -3.03. The van der Waals surface area contributed by atoms with E-state index in [1.165, 1.54) is 18.6 Å². The zero-order valence-corrected chi connectivity index (χ0v) is 25.5. The van der Waals surface area contributed by atoms with Gasteiger partial charge in [-0.15, -0.1) is 0 Å². The fourth-order valence-electron chi connectivity index (χ4n) is 5.61. The highest BCUT2D eigenvalue weighted by molar-refractivity contribution is 6.51. The molecule has 2 fully saturated rings. The Labute approximate surface area is 262 Å². The van der Waals surface area contributed by atoms with E-state index in [1.807, 2.05) is 79.4 Å². The van der Waals surface area contributed by atoms with Crippen molar-refractivity contribution in [2.45, 2.75) is 50.8 Å². The second-order valence-electron chi connectivity index (χ2n) is 11.7. The van der Waals surface area contributed by atoms with E-state index >= 15 is 0 Å². The van der Waals surface area contributed by atoms with E-state index in [0.717, 1.165) is 11.3 Å². The molecule has 2 aliphatic rings. The van der Waals surface area contributed by atoms with E-state index < -0.39 is 54.9 Å². The van der Waals surface area contributed by atoms with Crippen LogP contribution in [-0.4, -0.2) is 89.9 Å². The lowest BCUT2D eigenvalue weighted by Crippen LogP contribution is -2.67. The van der Waals surface area contributed by atoms with E-state index in [9.17, 15) is 19.2 Å². The Bertz CT molecular complexity index is 1450. The highest BCUT2D eigenvalue weighted by Crippen LogP contribution is 2.26. The van der Waals surface area contributed by atoms with Gasteiger partial charge in [-0.25, -0.2) is 4.98 Å². The number of benzene rings is 2. The van der Waals surface area contributed by atoms with Gasteiger partial charge >= 0.3 is 19.1 Å². The van der Waals surface area contributed by atoms with Crippen LogP contribution in [0.3, 0.4) is 0 Å². The van der Waals surface area contributed by atoms with Crippen LogP contribution in [0, 0.1) is 5.92 Å². The average Bonchev–Trinajstić information content (AvgIpc) is 3.04. The number of aromatic nitrogens is 2. The van der Waals surface area contributed by atoms with E-state index in [4.69, 9.17) is 9.31 Å². The zero-order valence-electron chi connectivity index (χ0n) is 25.5. The number of hydrogen-bond acceptors (Lipinski definition) is 10. The van der Waals surface area contributed by atoms with Crippen LogP contribution in [0.1, 0.15) is 36.3 Å². The first-order valence-corrected chi connectivity index (χ1v) is 15.0. The van der Waals surface area contributed by atoms with Crippen LogP contribution in [0.25, 0.3) is 0 Å². The highest BCUT2D eigenvalue weighted by atomic mass is 16.6. The number of carbonyl (C=O) groups excluding carboxylic acids is 4. The molecule has 0 aliphatic carbocycles. The summed E-state index contributed by atoms with van der Waals surface area (Å²) in [5.41, 5.74) is 1.77. The monoisotopic (exact) mass is 612 g/mol. The first kappa shape index (κ1) is 31.6. The van der Waals surface area contributed by atoms with Crippen LogP contribution < -0.4 is 15.5 Å². The Balaban J connectivity index is 1.36. The number of para-hydroxylation sites is 1. The first-order chi connectivity index (χ1) is 21.7. The third kappa shape index (κ3) is 7.85. The molecule has 2 N–H and O–H groups in total. The molecule has 2 bridgehead atoms. The molecule has 2 unspecified atom stereocenters. The summed E-state index contributed by atoms with van der Waals surface area (Å²) in [4.78, 5) is 65.6. The molecule has 0 saturated carbocycles. The molecule has 0 radical (unpaired) electrons. The normalized spacial score (nSPS) is 19.9. The summed E-state index contributed by atoms with van der Waals surface area (Å²) >= 11 is 0. The fraction of sp³-hybridized carbons (Fsp3) is 0.375. The van der Waals surface area contributed by atoms with Crippen molar-refractivity contribution in [2.24, 2.45) is 5.92 Å². The Kier molecular flexibility index (Phi) is 10.1. The van der Waals surface area contributed by atoms with Crippen LogP contribution in [0.2, 0.25) is 0 Å². The molecular formula is C32H37BN6O6. The number of amides is 2. The second-order valence-corrected chi connectivity index (χ2v) is 11.7. The molecule has 0 spiro atoms. The molecule has 12 nitrogen and oxygen atoms in total. The minimum atomic E-state index is -1.36. The van der Waals surface area contributed by atoms with Crippen molar-refractivity contribution >= 4 is 36.6 Å².